The molecule has 0 unspecified atom stereocenters. The number of rotatable bonds is 9. The first-order chi connectivity index (χ1) is 15.9. The van der Waals surface area contributed by atoms with Crippen LogP contribution in [0.25, 0.3) is 6.08 Å². The Hall–Kier alpha value is -3.58. The predicted octanol–water partition coefficient (Wildman–Crippen LogP) is 5.09. The number of benzene rings is 3. The fourth-order valence-electron chi connectivity index (χ4n) is 3.25. The van der Waals surface area contributed by atoms with E-state index in [-0.39, 0.29) is 10.6 Å². The van der Waals surface area contributed by atoms with Crippen molar-refractivity contribution in [3.8, 4) is 11.5 Å². The van der Waals surface area contributed by atoms with Gasteiger partial charge in [0.2, 0.25) is 0 Å². The highest BCUT2D eigenvalue weighted by Gasteiger charge is 2.29. The summed E-state index contributed by atoms with van der Waals surface area (Å²) in [5.41, 5.74) is 1.98. The molecule has 1 amide bonds. The van der Waals surface area contributed by atoms with Gasteiger partial charge in [0.15, 0.2) is 11.5 Å². The third-order valence-corrected chi connectivity index (χ3v) is 6.71. The Balaban J connectivity index is 1.99. The molecule has 0 spiro atoms. The first-order valence-electron chi connectivity index (χ1n) is 10.6. The summed E-state index contributed by atoms with van der Waals surface area (Å²) < 4.78 is 38.5. The molecular formula is C26H27NO5S. The highest BCUT2D eigenvalue weighted by molar-refractivity contribution is 7.93. The van der Waals surface area contributed by atoms with E-state index in [2.05, 4.69) is 0 Å². The molecule has 33 heavy (non-hydrogen) atoms. The van der Waals surface area contributed by atoms with Gasteiger partial charge in [0.1, 0.15) is 0 Å². The Bertz CT molecular complexity index is 1220. The largest absolute Gasteiger partial charge is 0.493 e. The summed E-state index contributed by atoms with van der Waals surface area (Å²) in [6.45, 7) is 4.38. The van der Waals surface area contributed by atoms with Crippen molar-refractivity contribution >= 4 is 27.7 Å². The molecule has 3 aromatic carbocycles. The monoisotopic (exact) mass is 465 g/mol. The lowest BCUT2D eigenvalue weighted by Crippen LogP contribution is -2.35. The molecule has 0 atom stereocenters. The number of carbonyl (C=O) groups excluding carboxylic acids is 1. The SMILES string of the molecule is CCOc1ccc(/C=C/C(=O)N(c2ccc(CC)cc2)S(=O)(=O)c2ccccc2)cc1OC. The lowest BCUT2D eigenvalue weighted by Gasteiger charge is -2.21. The van der Waals surface area contributed by atoms with Crippen molar-refractivity contribution in [3.63, 3.8) is 0 Å². The fraction of sp³-hybridized carbons (Fsp3) is 0.192. The minimum absolute atomic E-state index is 0.0362. The number of hydrogen-bond acceptors (Lipinski definition) is 5. The first-order valence-corrected chi connectivity index (χ1v) is 12.1. The van der Waals surface area contributed by atoms with E-state index in [1.807, 2.05) is 26.0 Å². The number of carbonyl (C=O) groups is 1. The summed E-state index contributed by atoms with van der Waals surface area (Å²) in [5.74, 6) is 0.430. The van der Waals surface area contributed by atoms with Crippen molar-refractivity contribution in [1.29, 1.82) is 0 Å². The van der Waals surface area contributed by atoms with E-state index in [9.17, 15) is 13.2 Å². The van der Waals surface area contributed by atoms with Crippen LogP contribution in [0.15, 0.2) is 83.8 Å². The summed E-state index contributed by atoms with van der Waals surface area (Å²) in [5, 5.41) is 0. The molecule has 0 aliphatic heterocycles. The molecule has 0 saturated carbocycles. The van der Waals surface area contributed by atoms with E-state index >= 15 is 0 Å². The Morgan fingerprint density at radius 2 is 1.64 bits per heavy atom. The summed E-state index contributed by atoms with van der Waals surface area (Å²) in [7, 11) is -2.58. The molecule has 0 heterocycles. The number of aryl methyl sites for hydroxylation is 1. The van der Waals surface area contributed by atoms with E-state index in [4.69, 9.17) is 9.47 Å². The predicted molar refractivity (Wildman–Crippen MR) is 130 cm³/mol. The molecule has 0 bridgehead atoms. The number of methoxy groups -OCH3 is 1. The summed E-state index contributed by atoms with van der Waals surface area (Å²) in [4.78, 5) is 13.3. The second kappa shape index (κ2) is 10.8. The fourth-order valence-corrected chi connectivity index (χ4v) is 4.66. The second-order valence-electron chi connectivity index (χ2n) is 7.12. The van der Waals surface area contributed by atoms with Crippen molar-refractivity contribution < 1.29 is 22.7 Å². The molecule has 172 valence electrons. The van der Waals surface area contributed by atoms with E-state index in [0.29, 0.717) is 23.7 Å². The van der Waals surface area contributed by atoms with Gasteiger partial charge in [0.05, 0.1) is 24.3 Å². The van der Waals surface area contributed by atoms with Gasteiger partial charge < -0.3 is 9.47 Å². The molecule has 6 nitrogen and oxygen atoms in total. The van der Waals surface area contributed by atoms with Gasteiger partial charge in [-0.15, -0.1) is 0 Å². The maximum absolute atomic E-state index is 13.4. The maximum Gasteiger partial charge on any atom is 0.271 e. The van der Waals surface area contributed by atoms with Gasteiger partial charge >= 0.3 is 0 Å². The van der Waals surface area contributed by atoms with E-state index in [0.717, 1.165) is 16.3 Å². The van der Waals surface area contributed by atoms with Gasteiger partial charge in [-0.25, -0.2) is 8.42 Å². The second-order valence-corrected chi connectivity index (χ2v) is 8.90. The van der Waals surface area contributed by atoms with Crippen LogP contribution in [0.3, 0.4) is 0 Å². The Morgan fingerprint density at radius 3 is 2.24 bits per heavy atom. The van der Waals surface area contributed by atoms with Gasteiger partial charge in [0, 0.05) is 6.08 Å². The van der Waals surface area contributed by atoms with Gasteiger partial charge in [-0.05, 0) is 66.9 Å². The quantitative estimate of drug-likeness (QED) is 0.412. The van der Waals surface area contributed by atoms with Gasteiger partial charge in [-0.2, -0.15) is 4.31 Å². The normalized spacial score (nSPS) is 11.4. The topological polar surface area (TPSA) is 72.9 Å². The Morgan fingerprint density at radius 1 is 0.939 bits per heavy atom. The first kappa shape index (κ1) is 24.1. The van der Waals surface area contributed by atoms with Crippen LogP contribution in [0, 0.1) is 0 Å². The van der Waals surface area contributed by atoms with Crippen molar-refractivity contribution in [2.24, 2.45) is 0 Å². The molecular weight excluding hydrogens is 438 g/mol. The molecule has 0 radical (unpaired) electrons. The molecule has 0 N–H and O–H groups in total. The average Bonchev–Trinajstić information content (AvgIpc) is 2.84. The molecule has 0 aliphatic carbocycles. The van der Waals surface area contributed by atoms with Gasteiger partial charge in [-0.1, -0.05) is 43.3 Å². The number of ether oxygens (including phenoxy) is 2. The van der Waals surface area contributed by atoms with Crippen molar-refractivity contribution in [3.05, 3.63) is 90.0 Å². The van der Waals surface area contributed by atoms with Crippen LogP contribution in [0.2, 0.25) is 0 Å². The molecule has 7 heteroatoms. The zero-order valence-corrected chi connectivity index (χ0v) is 19.7. The lowest BCUT2D eigenvalue weighted by atomic mass is 10.1. The van der Waals surface area contributed by atoms with Crippen LogP contribution in [-0.2, 0) is 21.2 Å². The van der Waals surface area contributed by atoms with Gasteiger partial charge in [-0.3, -0.25) is 4.79 Å². The number of amides is 1. The standard InChI is InChI=1S/C26H27NO5S/c1-4-20-11-15-22(16-12-20)27(33(29,30)23-9-7-6-8-10-23)26(28)18-14-21-13-17-24(32-5-2)25(19-21)31-3/h6-19H,4-5H2,1-3H3/b18-14+. The highest BCUT2D eigenvalue weighted by Crippen LogP contribution is 2.29. The number of anilines is 1. The van der Waals surface area contributed by atoms with Crippen LogP contribution in [0.4, 0.5) is 5.69 Å². The van der Waals surface area contributed by atoms with Crippen LogP contribution < -0.4 is 13.8 Å². The van der Waals surface area contributed by atoms with Crippen LogP contribution in [-0.4, -0.2) is 28.0 Å². The van der Waals surface area contributed by atoms with Crippen LogP contribution in [0.5, 0.6) is 11.5 Å². The van der Waals surface area contributed by atoms with E-state index in [1.54, 1.807) is 54.6 Å². The molecule has 0 saturated heterocycles. The van der Waals surface area contributed by atoms with Crippen LogP contribution >= 0.6 is 0 Å². The average molecular weight is 466 g/mol. The smallest absolute Gasteiger partial charge is 0.271 e. The van der Waals surface area contributed by atoms with Crippen LogP contribution in [0.1, 0.15) is 25.0 Å². The Kier molecular flexibility index (Phi) is 7.90. The number of sulfonamides is 1. The van der Waals surface area contributed by atoms with Crippen molar-refractivity contribution in [2.45, 2.75) is 25.2 Å². The van der Waals surface area contributed by atoms with E-state index < -0.39 is 15.9 Å². The number of nitrogens with zero attached hydrogens (tertiary/aromatic N) is 1. The zero-order valence-electron chi connectivity index (χ0n) is 18.9. The highest BCUT2D eigenvalue weighted by atomic mass is 32.2. The third-order valence-electron chi connectivity index (χ3n) is 4.97. The maximum atomic E-state index is 13.4. The summed E-state index contributed by atoms with van der Waals surface area (Å²) in [6, 6.07) is 20.1. The zero-order chi connectivity index (χ0) is 23.8. The van der Waals surface area contributed by atoms with Crippen molar-refractivity contribution in [1.82, 2.24) is 0 Å². The Labute approximate surface area is 195 Å². The summed E-state index contributed by atoms with van der Waals surface area (Å²) in [6.07, 6.45) is 3.59. The number of hydrogen-bond donors (Lipinski definition) is 0. The molecule has 3 rings (SSSR count). The van der Waals surface area contributed by atoms with Crippen molar-refractivity contribution in [2.75, 3.05) is 18.0 Å². The summed E-state index contributed by atoms with van der Waals surface area (Å²) >= 11 is 0. The molecule has 0 aromatic heterocycles. The molecule has 0 fully saturated rings. The minimum atomic E-state index is -4.12. The van der Waals surface area contributed by atoms with E-state index in [1.165, 1.54) is 25.3 Å². The molecule has 0 aliphatic rings. The molecule has 3 aromatic rings. The third kappa shape index (κ3) is 5.62. The van der Waals surface area contributed by atoms with Gasteiger partial charge in [0.25, 0.3) is 15.9 Å². The lowest BCUT2D eigenvalue weighted by molar-refractivity contribution is -0.113. The minimum Gasteiger partial charge on any atom is -0.493 e.